The van der Waals surface area contributed by atoms with E-state index < -0.39 is 0 Å². The van der Waals surface area contributed by atoms with Crippen molar-refractivity contribution in [2.75, 3.05) is 38.3 Å². The van der Waals surface area contributed by atoms with Gasteiger partial charge in [0.2, 0.25) is 0 Å². The first-order valence-corrected chi connectivity index (χ1v) is 9.48. The summed E-state index contributed by atoms with van der Waals surface area (Å²) in [6, 6.07) is 14.5. The highest BCUT2D eigenvalue weighted by Gasteiger charge is 2.11. The van der Waals surface area contributed by atoms with E-state index >= 15 is 0 Å². The van der Waals surface area contributed by atoms with Crippen LogP contribution in [0.2, 0.25) is 0 Å². The van der Waals surface area contributed by atoms with Crippen LogP contribution in [0.1, 0.15) is 11.4 Å². The average molecular weight is 507 g/mol. The van der Waals surface area contributed by atoms with Crippen LogP contribution in [0.5, 0.6) is 0 Å². The maximum atomic E-state index is 5.41. The Morgan fingerprint density at radius 2 is 1.79 bits per heavy atom. The van der Waals surface area contributed by atoms with Crippen LogP contribution in [0, 0.1) is 0 Å². The van der Waals surface area contributed by atoms with E-state index in [1.807, 2.05) is 28.8 Å². The van der Waals surface area contributed by atoms with Gasteiger partial charge in [-0.25, -0.2) is 0 Å². The van der Waals surface area contributed by atoms with Gasteiger partial charge in [-0.1, -0.05) is 18.2 Å². The summed E-state index contributed by atoms with van der Waals surface area (Å²) < 4.78 is 7.38. The molecule has 0 radical (unpaired) electrons. The molecule has 3 aromatic rings. The molecule has 2 aromatic heterocycles. The van der Waals surface area contributed by atoms with Gasteiger partial charge in [-0.3, -0.25) is 9.39 Å². The summed E-state index contributed by atoms with van der Waals surface area (Å²) in [6.07, 6.45) is 1.96. The van der Waals surface area contributed by atoms with Gasteiger partial charge in [0, 0.05) is 38.6 Å². The topological polar surface area (TPSA) is 79.1 Å². The first-order valence-electron chi connectivity index (χ1n) is 9.48. The van der Waals surface area contributed by atoms with Crippen LogP contribution in [-0.4, -0.2) is 53.9 Å². The smallest absolute Gasteiger partial charge is 0.191 e. The molecule has 8 nitrogen and oxygen atoms in total. The Morgan fingerprint density at radius 3 is 2.55 bits per heavy atom. The van der Waals surface area contributed by atoms with Crippen LogP contribution in [-0.2, 0) is 17.8 Å². The summed E-state index contributed by atoms with van der Waals surface area (Å²) in [5.41, 5.74) is 3.28. The van der Waals surface area contributed by atoms with Gasteiger partial charge in [0.1, 0.15) is 0 Å². The van der Waals surface area contributed by atoms with Crippen molar-refractivity contribution in [2.45, 2.75) is 13.1 Å². The largest absolute Gasteiger partial charge is 0.378 e. The molecule has 0 unspecified atom stereocenters. The van der Waals surface area contributed by atoms with Crippen LogP contribution in [0.4, 0.5) is 5.69 Å². The molecule has 1 aliphatic rings. The van der Waals surface area contributed by atoms with Crippen molar-refractivity contribution in [3.05, 3.63) is 60.0 Å². The summed E-state index contributed by atoms with van der Waals surface area (Å²) in [7, 11) is 1.76. The number of benzene rings is 1. The molecule has 2 N–H and O–H groups in total. The van der Waals surface area contributed by atoms with Crippen molar-refractivity contribution in [3.63, 3.8) is 0 Å². The average Bonchev–Trinajstić information content (AvgIpc) is 3.18. The molecule has 29 heavy (non-hydrogen) atoms. The minimum Gasteiger partial charge on any atom is -0.378 e. The molecule has 0 spiro atoms. The summed E-state index contributed by atoms with van der Waals surface area (Å²) in [5.74, 6) is 1.57. The molecular weight excluding hydrogens is 481 g/mol. The number of aromatic nitrogens is 3. The Bertz CT molecular complexity index is 935. The predicted molar refractivity (Wildman–Crippen MR) is 125 cm³/mol. The first-order chi connectivity index (χ1) is 13.8. The SMILES string of the molecule is CN=C(NCc1ccc(N2CCOCC2)cc1)NCc1nnc2ccccn12.I. The normalized spacial score (nSPS) is 14.5. The van der Waals surface area contributed by atoms with E-state index in [1.165, 1.54) is 11.3 Å². The van der Waals surface area contributed by atoms with Crippen LogP contribution < -0.4 is 15.5 Å². The van der Waals surface area contributed by atoms with E-state index in [4.69, 9.17) is 4.74 Å². The summed E-state index contributed by atoms with van der Waals surface area (Å²) in [6.45, 7) is 4.74. The second kappa shape index (κ2) is 10.4. The number of guanidine groups is 1. The molecule has 154 valence electrons. The Hall–Kier alpha value is -2.40. The van der Waals surface area contributed by atoms with Crippen molar-refractivity contribution >= 4 is 41.3 Å². The number of hydrogen-bond donors (Lipinski definition) is 2. The quantitative estimate of drug-likeness (QED) is 0.313. The Morgan fingerprint density at radius 1 is 1.03 bits per heavy atom. The van der Waals surface area contributed by atoms with Crippen LogP contribution >= 0.6 is 24.0 Å². The minimum absolute atomic E-state index is 0. The minimum atomic E-state index is 0. The van der Waals surface area contributed by atoms with Gasteiger partial charge >= 0.3 is 0 Å². The van der Waals surface area contributed by atoms with Crippen molar-refractivity contribution in [1.29, 1.82) is 0 Å². The summed E-state index contributed by atoms with van der Waals surface area (Å²) >= 11 is 0. The third kappa shape index (κ3) is 5.36. The monoisotopic (exact) mass is 507 g/mol. The van der Waals surface area contributed by atoms with E-state index in [9.17, 15) is 0 Å². The van der Waals surface area contributed by atoms with Gasteiger partial charge in [-0.05, 0) is 29.8 Å². The Labute approximate surface area is 187 Å². The third-order valence-electron chi connectivity index (χ3n) is 4.79. The highest BCUT2D eigenvalue weighted by molar-refractivity contribution is 14.0. The molecule has 3 heterocycles. The number of nitrogens with one attached hydrogen (secondary N) is 2. The van der Waals surface area contributed by atoms with Crippen molar-refractivity contribution in [2.24, 2.45) is 4.99 Å². The van der Waals surface area contributed by atoms with Gasteiger partial charge in [-0.2, -0.15) is 0 Å². The number of pyridine rings is 1. The zero-order chi connectivity index (χ0) is 19.2. The number of nitrogens with zero attached hydrogens (tertiary/aromatic N) is 5. The number of halogens is 1. The van der Waals surface area contributed by atoms with E-state index in [-0.39, 0.29) is 24.0 Å². The van der Waals surface area contributed by atoms with Crippen molar-refractivity contribution < 1.29 is 4.74 Å². The lowest BCUT2D eigenvalue weighted by atomic mass is 10.2. The molecule has 1 fully saturated rings. The number of aliphatic imine (C=N–C) groups is 1. The summed E-state index contributed by atoms with van der Waals surface area (Å²) in [4.78, 5) is 6.64. The second-order valence-electron chi connectivity index (χ2n) is 6.59. The van der Waals surface area contributed by atoms with E-state index in [2.05, 4.69) is 55.0 Å². The number of fused-ring (bicyclic) bond motifs is 1. The van der Waals surface area contributed by atoms with Crippen LogP contribution in [0.25, 0.3) is 5.65 Å². The maximum Gasteiger partial charge on any atom is 0.191 e. The number of morpholine rings is 1. The fourth-order valence-corrected chi connectivity index (χ4v) is 3.23. The molecule has 1 saturated heterocycles. The van der Waals surface area contributed by atoms with Crippen molar-refractivity contribution in [1.82, 2.24) is 25.2 Å². The fourth-order valence-electron chi connectivity index (χ4n) is 3.23. The number of hydrogen-bond acceptors (Lipinski definition) is 5. The lowest BCUT2D eigenvalue weighted by molar-refractivity contribution is 0.122. The molecule has 0 atom stereocenters. The van der Waals surface area contributed by atoms with Gasteiger partial charge in [0.25, 0.3) is 0 Å². The molecule has 0 amide bonds. The van der Waals surface area contributed by atoms with Gasteiger partial charge in [-0.15, -0.1) is 34.2 Å². The zero-order valence-electron chi connectivity index (χ0n) is 16.4. The highest BCUT2D eigenvalue weighted by atomic mass is 127. The first kappa shape index (κ1) is 21.3. The van der Waals surface area contributed by atoms with E-state index in [0.29, 0.717) is 13.1 Å². The van der Waals surface area contributed by atoms with Gasteiger partial charge in [0.15, 0.2) is 17.4 Å². The van der Waals surface area contributed by atoms with E-state index in [1.54, 1.807) is 7.05 Å². The van der Waals surface area contributed by atoms with Gasteiger partial charge in [0.05, 0.1) is 19.8 Å². The van der Waals surface area contributed by atoms with Crippen LogP contribution in [0.3, 0.4) is 0 Å². The predicted octanol–water partition coefficient (Wildman–Crippen LogP) is 2.05. The van der Waals surface area contributed by atoms with Gasteiger partial charge < -0.3 is 20.3 Å². The Balaban J connectivity index is 0.00000240. The number of ether oxygens (including phenoxy) is 1. The molecule has 0 saturated carbocycles. The lowest BCUT2D eigenvalue weighted by Gasteiger charge is -2.28. The third-order valence-corrected chi connectivity index (χ3v) is 4.79. The number of anilines is 1. The summed E-state index contributed by atoms with van der Waals surface area (Å²) in [5, 5.41) is 15.0. The molecule has 1 aliphatic heterocycles. The van der Waals surface area contributed by atoms with Crippen molar-refractivity contribution in [3.8, 4) is 0 Å². The zero-order valence-corrected chi connectivity index (χ0v) is 18.7. The Kier molecular flexibility index (Phi) is 7.64. The molecule has 9 heteroatoms. The molecule has 1 aromatic carbocycles. The molecule has 0 aliphatic carbocycles. The maximum absolute atomic E-state index is 5.41. The molecule has 0 bridgehead atoms. The highest BCUT2D eigenvalue weighted by Crippen LogP contribution is 2.16. The fraction of sp³-hybridized carbons (Fsp3) is 0.350. The molecule has 4 rings (SSSR count). The standard InChI is InChI=1S/C20H25N7O.HI/c1-21-20(23-15-19-25-24-18-4-2-3-9-27(18)19)22-14-16-5-7-17(8-6-16)26-10-12-28-13-11-26;/h2-9H,10-15H2,1H3,(H2,21,22,23);1H. The van der Waals surface area contributed by atoms with Crippen LogP contribution in [0.15, 0.2) is 53.7 Å². The number of rotatable bonds is 5. The molecular formula is C20H26IN7O. The van der Waals surface area contributed by atoms with E-state index in [0.717, 1.165) is 43.7 Å². The second-order valence-corrected chi connectivity index (χ2v) is 6.59. The lowest BCUT2D eigenvalue weighted by Crippen LogP contribution is -2.37.